The van der Waals surface area contributed by atoms with Gasteiger partial charge in [-0.3, -0.25) is 9.59 Å². The molecular weight excluding hydrogens is 488 g/mol. The Bertz CT molecular complexity index is 942. The van der Waals surface area contributed by atoms with Gasteiger partial charge in [-0.2, -0.15) is 0 Å². The lowest BCUT2D eigenvalue weighted by Crippen LogP contribution is -2.45. The molecule has 0 aromatic carbocycles. The highest BCUT2D eigenvalue weighted by molar-refractivity contribution is 7.09. The molecule has 5 atom stereocenters. The number of nitrogens with zero attached hydrogens (tertiary/aromatic N) is 1. The van der Waals surface area contributed by atoms with Gasteiger partial charge in [0.15, 0.2) is 0 Å². The number of nitrogens with two attached hydrogens (primary N) is 1. The second-order valence-electron chi connectivity index (χ2n) is 10.1. The standard InChI is InChI=1S/C26H39ClN2O5S/c1-15-7-6-8-16(2)24(32)17(3)25(33)26(4,5)21(30)12-23(31)34-20(10-9-15)19(27)11-18-14-35-22(13-28)29-18/h9,11,14,16-17,20-21,24,30,32H,6-8,10,12-13,28H2,1-5H3/b15-9+,19-11-. The van der Waals surface area contributed by atoms with Crippen molar-refractivity contribution >= 4 is 40.8 Å². The zero-order valence-corrected chi connectivity index (χ0v) is 22.9. The van der Waals surface area contributed by atoms with Crippen LogP contribution in [0.2, 0.25) is 0 Å². The van der Waals surface area contributed by atoms with E-state index in [1.807, 2.05) is 25.3 Å². The maximum Gasteiger partial charge on any atom is 0.309 e. The molecule has 0 fully saturated rings. The zero-order valence-electron chi connectivity index (χ0n) is 21.3. The molecule has 0 spiro atoms. The summed E-state index contributed by atoms with van der Waals surface area (Å²) in [4.78, 5) is 30.3. The molecule has 5 unspecified atom stereocenters. The van der Waals surface area contributed by atoms with E-state index in [1.54, 1.807) is 26.8 Å². The Balaban J connectivity index is 2.33. The third-order valence-electron chi connectivity index (χ3n) is 6.86. The van der Waals surface area contributed by atoms with Crippen molar-refractivity contribution in [2.75, 3.05) is 0 Å². The van der Waals surface area contributed by atoms with Gasteiger partial charge < -0.3 is 20.7 Å². The third-order valence-corrected chi connectivity index (χ3v) is 8.10. The molecule has 1 aromatic rings. The molecule has 2 rings (SSSR count). The van der Waals surface area contributed by atoms with Crippen molar-refractivity contribution in [3.63, 3.8) is 0 Å². The number of carbonyl (C=O) groups is 2. The van der Waals surface area contributed by atoms with Gasteiger partial charge in [0, 0.05) is 24.3 Å². The summed E-state index contributed by atoms with van der Waals surface area (Å²) in [6.45, 7) is 9.15. The van der Waals surface area contributed by atoms with Gasteiger partial charge in [-0.25, -0.2) is 4.98 Å². The average Bonchev–Trinajstić information content (AvgIpc) is 3.26. The zero-order chi connectivity index (χ0) is 26.3. The van der Waals surface area contributed by atoms with Crippen LogP contribution in [0.15, 0.2) is 22.1 Å². The quantitative estimate of drug-likeness (QED) is 0.388. The molecule has 0 amide bonds. The van der Waals surface area contributed by atoms with Crippen molar-refractivity contribution in [1.29, 1.82) is 0 Å². The number of halogens is 1. The molecule has 0 saturated carbocycles. The van der Waals surface area contributed by atoms with E-state index < -0.39 is 35.6 Å². The van der Waals surface area contributed by atoms with E-state index in [0.717, 1.165) is 29.8 Å². The molecule has 1 aliphatic heterocycles. The predicted octanol–water partition coefficient (Wildman–Crippen LogP) is 4.59. The van der Waals surface area contributed by atoms with E-state index >= 15 is 0 Å². The normalized spacial score (nSPS) is 31.5. The van der Waals surface area contributed by atoms with Crippen LogP contribution in [0.5, 0.6) is 0 Å². The number of cyclic esters (lactones) is 1. The van der Waals surface area contributed by atoms with Crippen LogP contribution in [0.3, 0.4) is 0 Å². The van der Waals surface area contributed by atoms with E-state index in [9.17, 15) is 19.8 Å². The van der Waals surface area contributed by atoms with Crippen molar-refractivity contribution in [1.82, 2.24) is 4.98 Å². The summed E-state index contributed by atoms with van der Waals surface area (Å²) in [5.41, 5.74) is 6.16. The second-order valence-corrected chi connectivity index (χ2v) is 11.5. The van der Waals surface area contributed by atoms with Crippen LogP contribution < -0.4 is 5.73 Å². The van der Waals surface area contributed by atoms with Crippen molar-refractivity contribution in [2.24, 2.45) is 23.0 Å². The monoisotopic (exact) mass is 526 g/mol. The van der Waals surface area contributed by atoms with Gasteiger partial charge in [-0.05, 0) is 38.2 Å². The summed E-state index contributed by atoms with van der Waals surface area (Å²) < 4.78 is 5.68. The van der Waals surface area contributed by atoms with Gasteiger partial charge in [0.1, 0.15) is 16.9 Å². The first-order valence-corrected chi connectivity index (χ1v) is 13.4. The fourth-order valence-corrected chi connectivity index (χ4v) is 5.12. The summed E-state index contributed by atoms with van der Waals surface area (Å²) in [6.07, 6.45) is 3.25. The Morgan fingerprint density at radius 2 is 2.03 bits per heavy atom. The van der Waals surface area contributed by atoms with Gasteiger partial charge in [0.05, 0.1) is 34.8 Å². The molecule has 2 heterocycles. The van der Waals surface area contributed by atoms with Crippen LogP contribution >= 0.6 is 22.9 Å². The number of rotatable bonds is 3. The number of allylic oxidation sites excluding steroid dienone is 1. The SMILES string of the molecule is C/C1=C\CC(/C(Cl)=C/c2csc(CN)n2)OC(=O)CC(O)C(C)(C)C(=O)C(C)C(O)C(C)CCC1. The Hall–Kier alpha value is -1.58. The molecule has 7 nitrogen and oxygen atoms in total. The van der Waals surface area contributed by atoms with E-state index in [4.69, 9.17) is 22.1 Å². The molecule has 4 N–H and O–H groups in total. The number of ketones is 1. The molecule has 0 bridgehead atoms. The molecule has 9 heteroatoms. The summed E-state index contributed by atoms with van der Waals surface area (Å²) >= 11 is 8.00. The fraction of sp³-hybridized carbons (Fsp3) is 0.654. The Morgan fingerprint density at radius 1 is 1.34 bits per heavy atom. The van der Waals surface area contributed by atoms with Gasteiger partial charge in [-0.1, -0.05) is 50.9 Å². The molecule has 196 valence electrons. The van der Waals surface area contributed by atoms with Crippen LogP contribution in [0.25, 0.3) is 6.08 Å². The van der Waals surface area contributed by atoms with Gasteiger partial charge in [0.25, 0.3) is 0 Å². The number of aromatic nitrogens is 1. The lowest BCUT2D eigenvalue weighted by atomic mass is 9.73. The Kier molecular flexibility index (Phi) is 11.1. The van der Waals surface area contributed by atoms with Crippen LogP contribution in [0, 0.1) is 17.3 Å². The number of thiazole rings is 1. The van der Waals surface area contributed by atoms with Crippen molar-refractivity contribution in [2.45, 2.75) is 91.6 Å². The van der Waals surface area contributed by atoms with E-state index in [-0.39, 0.29) is 18.1 Å². The van der Waals surface area contributed by atoms with Gasteiger partial charge >= 0.3 is 5.97 Å². The van der Waals surface area contributed by atoms with E-state index in [0.29, 0.717) is 23.7 Å². The minimum absolute atomic E-state index is 0.0748. The number of ether oxygens (including phenoxy) is 1. The smallest absolute Gasteiger partial charge is 0.309 e. The summed E-state index contributed by atoms with van der Waals surface area (Å²) in [7, 11) is 0. The maximum atomic E-state index is 13.2. The molecule has 0 saturated heterocycles. The first-order valence-electron chi connectivity index (χ1n) is 12.1. The minimum atomic E-state index is -1.27. The Morgan fingerprint density at radius 3 is 2.66 bits per heavy atom. The first kappa shape index (κ1) is 29.6. The van der Waals surface area contributed by atoms with Crippen LogP contribution in [-0.4, -0.2) is 45.3 Å². The summed E-state index contributed by atoms with van der Waals surface area (Å²) in [6, 6.07) is 0. The minimum Gasteiger partial charge on any atom is -0.456 e. The van der Waals surface area contributed by atoms with Crippen molar-refractivity contribution in [3.8, 4) is 0 Å². The maximum absolute atomic E-state index is 13.2. The van der Waals surface area contributed by atoms with E-state index in [2.05, 4.69) is 4.98 Å². The molecule has 0 radical (unpaired) electrons. The molecule has 35 heavy (non-hydrogen) atoms. The fourth-order valence-electron chi connectivity index (χ4n) is 4.24. The number of hydrogen-bond donors (Lipinski definition) is 3. The number of Topliss-reactive ketones (excluding diaryl/α,β-unsaturated/α-hetero) is 1. The average molecular weight is 527 g/mol. The number of carbonyl (C=O) groups excluding carboxylic acids is 2. The highest BCUT2D eigenvalue weighted by atomic mass is 35.5. The number of aliphatic hydroxyl groups is 2. The Labute approximate surface area is 217 Å². The number of aliphatic hydroxyl groups excluding tert-OH is 2. The lowest BCUT2D eigenvalue weighted by Gasteiger charge is -2.34. The highest BCUT2D eigenvalue weighted by Crippen LogP contribution is 2.32. The van der Waals surface area contributed by atoms with Crippen molar-refractivity contribution < 1.29 is 24.5 Å². The molecular formula is C26H39ClN2O5S. The third kappa shape index (κ3) is 8.22. The number of esters is 1. The molecule has 1 aliphatic rings. The highest BCUT2D eigenvalue weighted by Gasteiger charge is 2.42. The predicted molar refractivity (Wildman–Crippen MR) is 140 cm³/mol. The first-order chi connectivity index (χ1) is 16.4. The van der Waals surface area contributed by atoms with Crippen LogP contribution in [0.1, 0.15) is 77.4 Å². The van der Waals surface area contributed by atoms with Gasteiger partial charge in [-0.15, -0.1) is 11.3 Å². The van der Waals surface area contributed by atoms with Crippen LogP contribution in [-0.2, 0) is 20.9 Å². The van der Waals surface area contributed by atoms with E-state index in [1.165, 1.54) is 11.3 Å². The number of hydrogen-bond acceptors (Lipinski definition) is 8. The summed E-state index contributed by atoms with van der Waals surface area (Å²) in [5.74, 6) is -1.68. The van der Waals surface area contributed by atoms with Crippen molar-refractivity contribution in [3.05, 3.63) is 32.8 Å². The lowest BCUT2D eigenvalue weighted by molar-refractivity contribution is -0.153. The second kappa shape index (κ2) is 13.1. The molecule has 1 aromatic heterocycles. The summed E-state index contributed by atoms with van der Waals surface area (Å²) in [5, 5.41) is 24.5. The van der Waals surface area contributed by atoms with Crippen LogP contribution in [0.4, 0.5) is 0 Å². The largest absolute Gasteiger partial charge is 0.456 e. The van der Waals surface area contributed by atoms with Gasteiger partial charge in [0.2, 0.25) is 0 Å². The topological polar surface area (TPSA) is 123 Å². The molecule has 0 aliphatic carbocycles.